The molecule has 0 aliphatic rings. The van der Waals surface area contributed by atoms with Crippen LogP contribution in [-0.2, 0) is 5.60 Å². The Hall–Kier alpha value is -1.03. The molecule has 1 aromatic carbocycles. The fourth-order valence-corrected chi connectivity index (χ4v) is 1.07. The van der Waals surface area contributed by atoms with E-state index in [1.54, 1.807) is 6.92 Å². The lowest BCUT2D eigenvalue weighted by Crippen LogP contribution is -2.20. The molecule has 0 aliphatic carbocycles. The van der Waals surface area contributed by atoms with Crippen molar-refractivity contribution in [1.82, 2.24) is 0 Å². The Morgan fingerprint density at radius 1 is 1.21 bits per heavy atom. The van der Waals surface area contributed by atoms with Crippen LogP contribution in [-0.4, -0.2) is 5.11 Å². The van der Waals surface area contributed by atoms with Crippen molar-refractivity contribution in [2.45, 2.75) is 25.9 Å². The Balaban J connectivity index is 3.26. The first-order valence-electron chi connectivity index (χ1n) is 4.26. The Morgan fingerprint density at radius 3 is 2.00 bits per heavy atom. The molecule has 0 radical (unpaired) electrons. The molecule has 78 valence electrons. The van der Waals surface area contributed by atoms with Gasteiger partial charge in [-0.2, -0.15) is 0 Å². The van der Waals surface area contributed by atoms with Gasteiger partial charge in [0.25, 0.3) is 0 Å². The lowest BCUT2D eigenvalue weighted by atomic mass is 9.93. The summed E-state index contributed by atoms with van der Waals surface area (Å²) in [6.45, 7) is 3.08. The minimum absolute atomic E-state index is 0.0383. The molecule has 0 bridgehead atoms. The van der Waals surface area contributed by atoms with Crippen molar-refractivity contribution in [3.8, 4) is 0 Å². The zero-order valence-electron chi connectivity index (χ0n) is 7.94. The fourth-order valence-electron chi connectivity index (χ4n) is 1.07. The van der Waals surface area contributed by atoms with E-state index in [0.29, 0.717) is 0 Å². The summed E-state index contributed by atoms with van der Waals surface area (Å²) in [6, 6.07) is 1.61. The van der Waals surface area contributed by atoms with Crippen LogP contribution in [0.5, 0.6) is 0 Å². The van der Waals surface area contributed by atoms with Gasteiger partial charge in [0.2, 0.25) is 0 Å². The molecule has 1 rings (SSSR count). The Labute approximate surface area is 80.2 Å². The largest absolute Gasteiger partial charge is 0.385 e. The molecule has 0 amide bonds. The van der Waals surface area contributed by atoms with E-state index < -0.39 is 23.1 Å². The average molecular weight is 204 g/mol. The smallest absolute Gasteiger partial charge is 0.194 e. The summed E-state index contributed by atoms with van der Waals surface area (Å²) < 4.78 is 38.1. The molecule has 0 heterocycles. The van der Waals surface area contributed by atoms with Gasteiger partial charge < -0.3 is 5.11 Å². The number of hydrogen-bond acceptors (Lipinski definition) is 1. The molecule has 0 saturated carbocycles. The third-order valence-electron chi connectivity index (χ3n) is 2.29. The second-order valence-corrected chi connectivity index (χ2v) is 3.38. The Kier molecular flexibility index (Phi) is 2.85. The second-order valence-electron chi connectivity index (χ2n) is 3.38. The lowest BCUT2D eigenvalue weighted by Gasteiger charge is -2.21. The summed E-state index contributed by atoms with van der Waals surface area (Å²) in [4.78, 5) is 0. The molecule has 0 aliphatic heterocycles. The van der Waals surface area contributed by atoms with Crippen LogP contribution in [0, 0.1) is 17.5 Å². The molecule has 0 aromatic heterocycles. The van der Waals surface area contributed by atoms with Crippen molar-refractivity contribution >= 4 is 0 Å². The van der Waals surface area contributed by atoms with Crippen LogP contribution in [0.2, 0.25) is 0 Å². The molecule has 0 saturated heterocycles. The maximum Gasteiger partial charge on any atom is 0.194 e. The molecule has 14 heavy (non-hydrogen) atoms. The molecule has 1 atom stereocenters. The highest BCUT2D eigenvalue weighted by molar-refractivity contribution is 5.24. The predicted octanol–water partition coefficient (Wildman–Crippen LogP) is 2.72. The first-order valence-corrected chi connectivity index (χ1v) is 4.26. The first kappa shape index (κ1) is 11.0. The highest BCUT2D eigenvalue weighted by Crippen LogP contribution is 2.26. The molecule has 0 spiro atoms. The summed E-state index contributed by atoms with van der Waals surface area (Å²) in [7, 11) is 0. The number of aliphatic hydroxyl groups is 1. The molecular formula is C10H11F3O. The molecular weight excluding hydrogens is 193 g/mol. The maximum absolute atomic E-state index is 12.8. The van der Waals surface area contributed by atoms with Gasteiger partial charge in [-0.3, -0.25) is 0 Å². The SMILES string of the molecule is CCC(C)(O)c1cc(F)c(F)c(F)c1. The normalized spacial score (nSPS) is 15.3. The van der Waals surface area contributed by atoms with Gasteiger partial charge in [-0.15, -0.1) is 0 Å². The minimum atomic E-state index is -1.51. The summed E-state index contributed by atoms with van der Waals surface area (Å²) in [6.07, 6.45) is 0.289. The standard InChI is InChI=1S/C10H11F3O/c1-3-10(2,14)6-4-7(11)9(13)8(12)5-6/h4-5,14H,3H2,1-2H3. The lowest BCUT2D eigenvalue weighted by molar-refractivity contribution is 0.0522. The van der Waals surface area contributed by atoms with Crippen molar-refractivity contribution in [2.75, 3.05) is 0 Å². The maximum atomic E-state index is 12.8. The van der Waals surface area contributed by atoms with E-state index in [2.05, 4.69) is 0 Å². The number of benzene rings is 1. The Morgan fingerprint density at radius 2 is 1.64 bits per heavy atom. The molecule has 1 aromatic rings. The van der Waals surface area contributed by atoms with Gasteiger partial charge in [0.15, 0.2) is 17.5 Å². The summed E-state index contributed by atoms with van der Waals surface area (Å²) in [5.41, 5.74) is -1.30. The van der Waals surface area contributed by atoms with Crippen molar-refractivity contribution in [3.05, 3.63) is 35.1 Å². The van der Waals surface area contributed by atoms with Crippen molar-refractivity contribution in [1.29, 1.82) is 0 Å². The molecule has 1 N–H and O–H groups in total. The van der Waals surface area contributed by atoms with Gasteiger partial charge in [0, 0.05) is 0 Å². The van der Waals surface area contributed by atoms with Crippen LogP contribution in [0.1, 0.15) is 25.8 Å². The Bertz CT molecular complexity index is 324. The molecule has 4 heteroatoms. The van der Waals surface area contributed by atoms with Crippen LogP contribution < -0.4 is 0 Å². The number of hydrogen-bond donors (Lipinski definition) is 1. The van der Waals surface area contributed by atoms with Gasteiger partial charge in [0.05, 0.1) is 5.60 Å². The van der Waals surface area contributed by atoms with Crippen LogP contribution >= 0.6 is 0 Å². The minimum Gasteiger partial charge on any atom is -0.385 e. The quantitative estimate of drug-likeness (QED) is 0.734. The number of halogens is 3. The van der Waals surface area contributed by atoms with E-state index in [-0.39, 0.29) is 12.0 Å². The molecule has 1 nitrogen and oxygen atoms in total. The van der Waals surface area contributed by atoms with Crippen LogP contribution in [0.25, 0.3) is 0 Å². The molecule has 0 fully saturated rings. The van der Waals surface area contributed by atoms with Gasteiger partial charge in [-0.25, -0.2) is 13.2 Å². The topological polar surface area (TPSA) is 20.2 Å². The van der Waals surface area contributed by atoms with E-state index in [0.717, 1.165) is 12.1 Å². The third kappa shape index (κ3) is 1.90. The zero-order valence-corrected chi connectivity index (χ0v) is 7.94. The van der Waals surface area contributed by atoms with Crippen LogP contribution in [0.4, 0.5) is 13.2 Å². The van der Waals surface area contributed by atoms with Crippen LogP contribution in [0.3, 0.4) is 0 Å². The molecule has 1 unspecified atom stereocenters. The zero-order chi connectivity index (χ0) is 10.9. The number of rotatable bonds is 2. The predicted molar refractivity (Wildman–Crippen MR) is 46.2 cm³/mol. The second kappa shape index (κ2) is 3.61. The monoisotopic (exact) mass is 204 g/mol. The van der Waals surface area contributed by atoms with Crippen molar-refractivity contribution < 1.29 is 18.3 Å². The van der Waals surface area contributed by atoms with E-state index in [1.165, 1.54) is 6.92 Å². The van der Waals surface area contributed by atoms with E-state index in [9.17, 15) is 18.3 Å². The van der Waals surface area contributed by atoms with Crippen molar-refractivity contribution in [2.24, 2.45) is 0 Å². The van der Waals surface area contributed by atoms with E-state index in [1.807, 2.05) is 0 Å². The fraction of sp³-hybridized carbons (Fsp3) is 0.400. The van der Waals surface area contributed by atoms with E-state index in [4.69, 9.17) is 0 Å². The van der Waals surface area contributed by atoms with Gasteiger partial charge in [-0.05, 0) is 31.0 Å². The summed E-state index contributed by atoms with van der Waals surface area (Å²) in [5, 5.41) is 9.68. The van der Waals surface area contributed by atoms with Crippen LogP contribution in [0.15, 0.2) is 12.1 Å². The highest BCUT2D eigenvalue weighted by atomic mass is 19.2. The van der Waals surface area contributed by atoms with Gasteiger partial charge in [0.1, 0.15) is 0 Å². The average Bonchev–Trinajstić information content (AvgIpc) is 2.13. The first-order chi connectivity index (χ1) is 6.38. The van der Waals surface area contributed by atoms with Gasteiger partial charge in [-0.1, -0.05) is 6.92 Å². The summed E-state index contributed by atoms with van der Waals surface area (Å²) >= 11 is 0. The van der Waals surface area contributed by atoms with Gasteiger partial charge >= 0.3 is 0 Å². The summed E-state index contributed by atoms with van der Waals surface area (Å²) in [5.74, 6) is -4.08. The third-order valence-corrected chi connectivity index (χ3v) is 2.29. The van der Waals surface area contributed by atoms with Crippen molar-refractivity contribution in [3.63, 3.8) is 0 Å². The van der Waals surface area contributed by atoms with E-state index >= 15 is 0 Å². The highest BCUT2D eigenvalue weighted by Gasteiger charge is 2.23.